The minimum absolute atomic E-state index is 0.0856. The number of hydrogen-bond acceptors (Lipinski definition) is 3. The lowest BCUT2D eigenvalue weighted by molar-refractivity contribution is -0.137. The monoisotopic (exact) mass is 296 g/mol. The maximum atomic E-state index is 12.6. The van der Waals surface area contributed by atoms with Crippen molar-refractivity contribution in [2.75, 3.05) is 5.32 Å². The Balaban J connectivity index is 2.26. The van der Waals surface area contributed by atoms with E-state index in [2.05, 4.69) is 11.4 Å². The molecule has 4 nitrogen and oxygen atoms in total. The molecule has 2 aromatic carbocycles. The summed E-state index contributed by atoms with van der Waals surface area (Å²) in [5, 5.41) is 21.0. The lowest BCUT2D eigenvalue weighted by Crippen LogP contribution is -2.13. The zero-order chi connectivity index (χ0) is 15.6. The normalized spacial score (nSPS) is 11.2. The van der Waals surface area contributed by atoms with E-state index in [1.54, 1.807) is 0 Å². The van der Waals surface area contributed by atoms with Gasteiger partial charge < -0.3 is 15.5 Å². The van der Waals surface area contributed by atoms with Crippen LogP contribution in [0.15, 0.2) is 36.4 Å². The molecule has 109 valence electrons. The number of alkyl halides is 3. The number of anilines is 1. The van der Waals surface area contributed by atoms with E-state index >= 15 is 0 Å². The van der Waals surface area contributed by atoms with Crippen molar-refractivity contribution in [3.05, 3.63) is 53.6 Å². The Kier molecular flexibility index (Phi) is 3.75. The topological polar surface area (TPSA) is 69.6 Å². The van der Waals surface area contributed by atoms with Crippen LogP contribution in [0.1, 0.15) is 15.9 Å². The maximum absolute atomic E-state index is 12.6. The molecule has 3 N–H and O–H groups in total. The van der Waals surface area contributed by atoms with E-state index < -0.39 is 29.1 Å². The molecule has 0 heterocycles. The lowest BCUT2D eigenvalue weighted by atomic mass is 10.1. The molecule has 0 atom stereocenters. The van der Waals surface area contributed by atoms with Gasteiger partial charge >= 0.3 is 6.18 Å². The predicted molar refractivity (Wildman–Crippen MR) is 68.0 cm³/mol. The molecule has 0 saturated carbocycles. The molecule has 0 spiro atoms. The molecule has 0 unspecified atom stereocenters. The Bertz CT molecular complexity index is 683. The second-order valence-electron chi connectivity index (χ2n) is 4.14. The number of carbonyl (C=O) groups is 1. The van der Waals surface area contributed by atoms with E-state index in [4.69, 9.17) is 0 Å². The van der Waals surface area contributed by atoms with Gasteiger partial charge in [-0.2, -0.15) is 13.2 Å². The molecule has 0 aliphatic carbocycles. The molecule has 0 fully saturated rings. The molecule has 0 aliphatic heterocycles. The highest BCUT2D eigenvalue weighted by atomic mass is 19.4. The summed E-state index contributed by atoms with van der Waals surface area (Å²) in [6.45, 7) is 0. The standard InChI is InChI=1S/C14H9F3NO3/c15-14(16,17)8-3-1-4-9(7-8)18-13(21)10-5-2-6-11(19)12(10)20/h1,3-7,19-20H,(H,18,21). The van der Waals surface area contributed by atoms with Crippen LogP contribution < -0.4 is 5.32 Å². The summed E-state index contributed by atoms with van der Waals surface area (Å²) < 4.78 is 37.7. The molecule has 0 aromatic heterocycles. The summed E-state index contributed by atoms with van der Waals surface area (Å²) in [6, 6.07) is 8.64. The highest BCUT2D eigenvalue weighted by molar-refractivity contribution is 6.06. The zero-order valence-electron chi connectivity index (χ0n) is 10.4. The van der Waals surface area contributed by atoms with Crippen molar-refractivity contribution in [1.82, 2.24) is 0 Å². The quantitative estimate of drug-likeness (QED) is 0.745. The first-order chi connectivity index (χ1) is 9.79. The highest BCUT2D eigenvalue weighted by Gasteiger charge is 2.30. The predicted octanol–water partition coefficient (Wildman–Crippen LogP) is 3.17. The first-order valence-electron chi connectivity index (χ1n) is 5.69. The third-order valence-corrected chi connectivity index (χ3v) is 2.64. The zero-order valence-corrected chi connectivity index (χ0v) is 10.4. The fourth-order valence-electron chi connectivity index (χ4n) is 1.62. The second kappa shape index (κ2) is 5.35. The van der Waals surface area contributed by atoms with E-state index in [1.807, 2.05) is 0 Å². The van der Waals surface area contributed by atoms with Crippen LogP contribution in [0.3, 0.4) is 0 Å². The lowest BCUT2D eigenvalue weighted by Gasteiger charge is -2.10. The average molecular weight is 296 g/mol. The largest absolute Gasteiger partial charge is 0.504 e. The number of benzene rings is 2. The molecule has 7 heteroatoms. The molecule has 0 bridgehead atoms. The average Bonchev–Trinajstić information content (AvgIpc) is 2.41. The minimum atomic E-state index is -4.53. The Morgan fingerprint density at radius 2 is 1.90 bits per heavy atom. The number of rotatable bonds is 2. The number of phenols is 2. The third kappa shape index (κ3) is 3.25. The van der Waals surface area contributed by atoms with Gasteiger partial charge in [0.05, 0.1) is 11.1 Å². The van der Waals surface area contributed by atoms with Gasteiger partial charge in [0.1, 0.15) is 0 Å². The highest BCUT2D eigenvalue weighted by Crippen LogP contribution is 2.31. The Labute approximate surface area is 117 Å². The Morgan fingerprint density at radius 3 is 2.57 bits per heavy atom. The van der Waals surface area contributed by atoms with Crippen molar-refractivity contribution in [3.8, 4) is 11.5 Å². The SMILES string of the molecule is O=C(Nc1cccc(C(F)(F)F)c1)c1c[c]cc(O)c1O. The van der Waals surface area contributed by atoms with Crippen molar-refractivity contribution in [2.24, 2.45) is 0 Å². The summed E-state index contributed by atoms with van der Waals surface area (Å²) in [5.41, 5.74) is -1.29. The first kappa shape index (κ1) is 14.7. The van der Waals surface area contributed by atoms with Gasteiger partial charge in [-0.15, -0.1) is 0 Å². The molecule has 21 heavy (non-hydrogen) atoms. The summed E-state index contributed by atoms with van der Waals surface area (Å²) >= 11 is 0. The first-order valence-corrected chi connectivity index (χ1v) is 5.69. The van der Waals surface area contributed by atoms with Crippen LogP contribution in [-0.4, -0.2) is 16.1 Å². The Hall–Kier alpha value is -2.70. The maximum Gasteiger partial charge on any atom is 0.416 e. The van der Waals surface area contributed by atoms with Crippen LogP contribution in [-0.2, 0) is 6.18 Å². The molecule has 0 aliphatic rings. The number of halogens is 3. The molecule has 0 saturated heterocycles. The van der Waals surface area contributed by atoms with Gasteiger partial charge in [0, 0.05) is 5.69 Å². The fraction of sp³-hybridized carbons (Fsp3) is 0.0714. The van der Waals surface area contributed by atoms with Gasteiger partial charge in [0.15, 0.2) is 11.5 Å². The number of phenolic OH excluding ortho intramolecular Hbond substituents is 2. The van der Waals surface area contributed by atoms with E-state index in [9.17, 15) is 28.2 Å². The van der Waals surface area contributed by atoms with E-state index in [0.717, 1.165) is 30.3 Å². The van der Waals surface area contributed by atoms with Gasteiger partial charge in [-0.3, -0.25) is 4.79 Å². The van der Waals surface area contributed by atoms with Crippen molar-refractivity contribution in [1.29, 1.82) is 0 Å². The number of amides is 1. The molecule has 1 amide bonds. The molecule has 1 radical (unpaired) electrons. The van der Waals surface area contributed by atoms with E-state index in [-0.39, 0.29) is 11.3 Å². The van der Waals surface area contributed by atoms with Crippen LogP contribution >= 0.6 is 0 Å². The van der Waals surface area contributed by atoms with Gasteiger partial charge in [0.2, 0.25) is 0 Å². The van der Waals surface area contributed by atoms with Gasteiger partial charge in [-0.05, 0) is 36.4 Å². The van der Waals surface area contributed by atoms with Gasteiger partial charge in [-0.25, -0.2) is 0 Å². The summed E-state index contributed by atoms with van der Waals surface area (Å²) in [7, 11) is 0. The third-order valence-electron chi connectivity index (χ3n) is 2.64. The van der Waals surface area contributed by atoms with Crippen LogP contribution in [0.5, 0.6) is 11.5 Å². The minimum Gasteiger partial charge on any atom is -0.504 e. The molecule has 2 aromatic rings. The summed E-state index contributed by atoms with van der Waals surface area (Å²) in [6.07, 6.45) is -4.53. The number of hydrogen-bond donors (Lipinski definition) is 3. The van der Waals surface area contributed by atoms with Crippen LogP contribution in [0.25, 0.3) is 0 Å². The van der Waals surface area contributed by atoms with Gasteiger partial charge in [0.25, 0.3) is 5.91 Å². The van der Waals surface area contributed by atoms with E-state index in [0.29, 0.717) is 0 Å². The molecule has 2 rings (SSSR count). The Morgan fingerprint density at radius 1 is 1.19 bits per heavy atom. The van der Waals surface area contributed by atoms with Crippen molar-refractivity contribution in [2.45, 2.75) is 6.18 Å². The summed E-state index contributed by atoms with van der Waals surface area (Å²) in [5.74, 6) is -2.08. The van der Waals surface area contributed by atoms with Gasteiger partial charge in [-0.1, -0.05) is 6.07 Å². The van der Waals surface area contributed by atoms with Crippen molar-refractivity contribution in [3.63, 3.8) is 0 Å². The fourth-order valence-corrected chi connectivity index (χ4v) is 1.62. The number of aromatic hydroxyl groups is 2. The van der Waals surface area contributed by atoms with Crippen LogP contribution in [0, 0.1) is 6.07 Å². The van der Waals surface area contributed by atoms with Crippen LogP contribution in [0.2, 0.25) is 0 Å². The molecular weight excluding hydrogens is 287 g/mol. The molecular formula is C14H9F3NO3. The second-order valence-corrected chi connectivity index (χ2v) is 4.14. The van der Waals surface area contributed by atoms with Crippen molar-refractivity contribution < 1.29 is 28.2 Å². The summed E-state index contributed by atoms with van der Waals surface area (Å²) in [4.78, 5) is 11.9. The van der Waals surface area contributed by atoms with Crippen molar-refractivity contribution >= 4 is 11.6 Å². The number of carbonyl (C=O) groups excluding carboxylic acids is 1. The van der Waals surface area contributed by atoms with E-state index in [1.165, 1.54) is 6.07 Å². The smallest absolute Gasteiger partial charge is 0.416 e. The van der Waals surface area contributed by atoms with Crippen LogP contribution in [0.4, 0.5) is 18.9 Å². The number of nitrogens with one attached hydrogen (secondary N) is 1.